The van der Waals surface area contributed by atoms with Crippen LogP contribution in [-0.2, 0) is 4.79 Å². The van der Waals surface area contributed by atoms with Gasteiger partial charge in [-0.2, -0.15) is 0 Å². The van der Waals surface area contributed by atoms with Crippen molar-refractivity contribution < 1.29 is 4.79 Å². The van der Waals surface area contributed by atoms with E-state index in [4.69, 9.17) is 0 Å². The first-order valence-electron chi connectivity index (χ1n) is 5.35. The van der Waals surface area contributed by atoms with E-state index in [0.717, 1.165) is 5.69 Å². The first-order chi connectivity index (χ1) is 6.99. The van der Waals surface area contributed by atoms with Gasteiger partial charge in [0.05, 0.1) is 6.54 Å². The van der Waals surface area contributed by atoms with Crippen molar-refractivity contribution in [3.05, 3.63) is 29.8 Å². The minimum atomic E-state index is -0.0354. The summed E-state index contributed by atoms with van der Waals surface area (Å²) in [7, 11) is 0. The van der Waals surface area contributed by atoms with E-state index < -0.39 is 0 Å². The molecule has 0 saturated carbocycles. The summed E-state index contributed by atoms with van der Waals surface area (Å²) in [5, 5.41) is 0. The van der Waals surface area contributed by atoms with Gasteiger partial charge in [0.1, 0.15) is 0 Å². The molecule has 0 amide bonds. The van der Waals surface area contributed by atoms with Crippen LogP contribution in [0.4, 0.5) is 5.69 Å². The number of hydrogen-bond acceptors (Lipinski definition) is 2. The Morgan fingerprint density at radius 3 is 2.27 bits per heavy atom. The molecular weight excluding hydrogens is 186 g/mol. The normalized spacial score (nSPS) is 19.7. The minimum absolute atomic E-state index is 0.0354. The molecule has 0 aliphatic carbocycles. The standard InChI is InChI=1S/C13H17NO/c1-10-4-6-11(7-5-10)14-9-12(15)8-13(14,2)3/h4-7H,8-9H2,1-3H3. The number of benzene rings is 1. The van der Waals surface area contributed by atoms with Crippen LogP contribution in [0.25, 0.3) is 0 Å². The lowest BCUT2D eigenvalue weighted by Crippen LogP contribution is -2.38. The van der Waals surface area contributed by atoms with Gasteiger partial charge < -0.3 is 4.90 Å². The van der Waals surface area contributed by atoms with Gasteiger partial charge in [0.25, 0.3) is 0 Å². The van der Waals surface area contributed by atoms with Gasteiger partial charge >= 0.3 is 0 Å². The Morgan fingerprint density at radius 1 is 1.20 bits per heavy atom. The highest BCUT2D eigenvalue weighted by atomic mass is 16.1. The first kappa shape index (κ1) is 10.2. The van der Waals surface area contributed by atoms with Crippen molar-refractivity contribution in [2.24, 2.45) is 0 Å². The number of carbonyl (C=O) groups excluding carboxylic acids is 1. The van der Waals surface area contributed by atoms with Crippen LogP contribution in [0, 0.1) is 6.92 Å². The van der Waals surface area contributed by atoms with E-state index in [1.54, 1.807) is 0 Å². The van der Waals surface area contributed by atoms with E-state index in [1.165, 1.54) is 5.56 Å². The number of anilines is 1. The maximum Gasteiger partial charge on any atom is 0.154 e. The second-order valence-corrected chi connectivity index (χ2v) is 4.95. The Kier molecular flexibility index (Phi) is 2.29. The summed E-state index contributed by atoms with van der Waals surface area (Å²) in [6.45, 7) is 6.87. The lowest BCUT2D eigenvalue weighted by atomic mass is 10.0. The minimum Gasteiger partial charge on any atom is -0.359 e. The second kappa shape index (κ2) is 3.37. The fraction of sp³-hybridized carbons (Fsp3) is 0.462. The van der Waals surface area contributed by atoms with Crippen molar-refractivity contribution in [1.29, 1.82) is 0 Å². The molecule has 1 heterocycles. The van der Waals surface area contributed by atoms with Crippen LogP contribution in [-0.4, -0.2) is 17.9 Å². The van der Waals surface area contributed by atoms with Crippen LogP contribution in [0.2, 0.25) is 0 Å². The van der Waals surface area contributed by atoms with Crippen molar-refractivity contribution >= 4 is 11.5 Å². The zero-order chi connectivity index (χ0) is 11.1. The van der Waals surface area contributed by atoms with Crippen molar-refractivity contribution in [2.45, 2.75) is 32.7 Å². The van der Waals surface area contributed by atoms with E-state index in [9.17, 15) is 4.79 Å². The number of rotatable bonds is 1. The molecule has 0 aromatic heterocycles. The third kappa shape index (κ3) is 1.89. The van der Waals surface area contributed by atoms with Crippen molar-refractivity contribution in [3.63, 3.8) is 0 Å². The average molecular weight is 203 g/mol. The predicted molar refractivity (Wildman–Crippen MR) is 62.2 cm³/mol. The highest BCUT2D eigenvalue weighted by Gasteiger charge is 2.37. The van der Waals surface area contributed by atoms with E-state index >= 15 is 0 Å². The third-order valence-electron chi connectivity index (χ3n) is 3.04. The van der Waals surface area contributed by atoms with Crippen LogP contribution in [0.5, 0.6) is 0 Å². The predicted octanol–water partition coefficient (Wildman–Crippen LogP) is 2.55. The molecule has 1 aliphatic rings. The van der Waals surface area contributed by atoms with Gasteiger partial charge in [-0.05, 0) is 32.9 Å². The zero-order valence-corrected chi connectivity index (χ0v) is 9.58. The highest BCUT2D eigenvalue weighted by Crippen LogP contribution is 2.31. The maximum absolute atomic E-state index is 11.5. The van der Waals surface area contributed by atoms with Crippen LogP contribution in [0.15, 0.2) is 24.3 Å². The highest BCUT2D eigenvalue weighted by molar-refractivity contribution is 5.89. The summed E-state index contributed by atoms with van der Waals surface area (Å²) >= 11 is 0. The van der Waals surface area contributed by atoms with Gasteiger partial charge in [-0.25, -0.2) is 0 Å². The number of hydrogen-bond donors (Lipinski definition) is 0. The van der Waals surface area contributed by atoms with Crippen LogP contribution < -0.4 is 4.90 Å². The molecule has 0 unspecified atom stereocenters. The Labute approximate surface area is 90.9 Å². The lowest BCUT2D eigenvalue weighted by molar-refractivity contribution is -0.116. The molecule has 0 N–H and O–H groups in total. The first-order valence-corrected chi connectivity index (χ1v) is 5.35. The molecule has 1 saturated heterocycles. The molecule has 1 aromatic carbocycles. The molecule has 0 bridgehead atoms. The lowest BCUT2D eigenvalue weighted by Gasteiger charge is -2.32. The fourth-order valence-corrected chi connectivity index (χ4v) is 2.19. The van der Waals surface area contributed by atoms with Gasteiger partial charge in [0.2, 0.25) is 0 Å². The maximum atomic E-state index is 11.5. The summed E-state index contributed by atoms with van der Waals surface area (Å²) in [4.78, 5) is 13.7. The molecule has 0 spiro atoms. The topological polar surface area (TPSA) is 20.3 Å². The van der Waals surface area contributed by atoms with Gasteiger partial charge in [0, 0.05) is 17.6 Å². The van der Waals surface area contributed by atoms with Gasteiger partial charge in [-0.3, -0.25) is 4.79 Å². The number of aryl methyl sites for hydroxylation is 1. The Morgan fingerprint density at radius 2 is 1.80 bits per heavy atom. The number of Topliss-reactive ketones (excluding diaryl/α,β-unsaturated/α-hetero) is 1. The Hall–Kier alpha value is -1.31. The average Bonchev–Trinajstić information content (AvgIpc) is 2.41. The van der Waals surface area contributed by atoms with Gasteiger partial charge in [-0.15, -0.1) is 0 Å². The quantitative estimate of drug-likeness (QED) is 0.699. The summed E-state index contributed by atoms with van der Waals surface area (Å²) in [6, 6.07) is 8.37. The van der Waals surface area contributed by atoms with E-state index in [-0.39, 0.29) is 5.54 Å². The van der Waals surface area contributed by atoms with Gasteiger partial charge in [-0.1, -0.05) is 17.7 Å². The summed E-state index contributed by atoms with van der Waals surface area (Å²) < 4.78 is 0. The summed E-state index contributed by atoms with van der Waals surface area (Å²) in [5.41, 5.74) is 2.37. The van der Waals surface area contributed by atoms with Gasteiger partial charge in [0.15, 0.2) is 5.78 Å². The molecule has 80 valence electrons. The summed E-state index contributed by atoms with van der Waals surface area (Å²) in [5.74, 6) is 0.334. The Balaban J connectivity index is 2.31. The van der Waals surface area contributed by atoms with E-state index in [0.29, 0.717) is 18.7 Å². The number of ketones is 1. The number of nitrogens with zero attached hydrogens (tertiary/aromatic N) is 1. The molecule has 2 nitrogen and oxygen atoms in total. The molecule has 2 rings (SSSR count). The van der Waals surface area contributed by atoms with E-state index in [1.807, 2.05) is 0 Å². The third-order valence-corrected chi connectivity index (χ3v) is 3.04. The zero-order valence-electron chi connectivity index (χ0n) is 9.58. The van der Waals surface area contributed by atoms with Crippen LogP contribution in [0.3, 0.4) is 0 Å². The molecule has 0 atom stereocenters. The van der Waals surface area contributed by atoms with Crippen LogP contribution in [0.1, 0.15) is 25.8 Å². The largest absolute Gasteiger partial charge is 0.359 e. The molecule has 1 aliphatic heterocycles. The van der Waals surface area contributed by atoms with E-state index in [2.05, 4.69) is 49.9 Å². The molecular formula is C13H17NO. The molecule has 15 heavy (non-hydrogen) atoms. The Bertz CT molecular complexity index is 378. The number of carbonyl (C=O) groups is 1. The molecule has 0 radical (unpaired) electrons. The molecule has 1 aromatic rings. The molecule has 1 fully saturated rings. The van der Waals surface area contributed by atoms with Crippen molar-refractivity contribution in [3.8, 4) is 0 Å². The summed E-state index contributed by atoms with van der Waals surface area (Å²) in [6.07, 6.45) is 0.654. The molecule has 2 heteroatoms. The monoisotopic (exact) mass is 203 g/mol. The smallest absolute Gasteiger partial charge is 0.154 e. The van der Waals surface area contributed by atoms with Crippen LogP contribution >= 0.6 is 0 Å². The second-order valence-electron chi connectivity index (χ2n) is 4.95. The van der Waals surface area contributed by atoms with Crippen molar-refractivity contribution in [2.75, 3.05) is 11.4 Å². The fourth-order valence-electron chi connectivity index (χ4n) is 2.19. The van der Waals surface area contributed by atoms with Crippen molar-refractivity contribution in [1.82, 2.24) is 0 Å². The SMILES string of the molecule is Cc1ccc(N2CC(=O)CC2(C)C)cc1.